The number of aliphatic hydroxyl groups is 1. The topological polar surface area (TPSA) is 62.5 Å². The summed E-state index contributed by atoms with van der Waals surface area (Å²) >= 11 is 1.07. The molecule has 0 amide bonds. The largest absolute Gasteiger partial charge is 0.506 e. The number of hydrogen-bond donors (Lipinski definition) is 2. The Morgan fingerprint density at radius 3 is 2.93 bits per heavy atom. The maximum absolute atomic E-state index is 11.4. The zero-order valence-corrected chi connectivity index (χ0v) is 8.12. The highest BCUT2D eigenvalue weighted by Crippen LogP contribution is 2.25. The van der Waals surface area contributed by atoms with Crippen LogP contribution < -0.4 is 4.87 Å². The molecule has 0 spiro atoms. The zero-order valence-electron chi connectivity index (χ0n) is 7.30. The standard InChI is InChI=1S/C9H9NO3S/c11-5-4-10-8-6(12)2-1-3-7(8)14-9(10)13/h1-3,11-12H,4-5H2. The fourth-order valence-electron chi connectivity index (χ4n) is 1.41. The molecule has 14 heavy (non-hydrogen) atoms. The Bertz CT molecular complexity index is 514. The molecule has 4 nitrogen and oxygen atoms in total. The monoisotopic (exact) mass is 211 g/mol. The fourth-order valence-corrected chi connectivity index (χ4v) is 2.35. The third-order valence-electron chi connectivity index (χ3n) is 1.99. The summed E-state index contributed by atoms with van der Waals surface area (Å²) in [7, 11) is 0. The van der Waals surface area contributed by atoms with Crippen LogP contribution in [0.5, 0.6) is 5.75 Å². The maximum atomic E-state index is 11.4. The van der Waals surface area contributed by atoms with Crippen LogP contribution in [0.25, 0.3) is 10.2 Å². The van der Waals surface area contributed by atoms with Gasteiger partial charge < -0.3 is 10.2 Å². The molecule has 0 saturated heterocycles. The number of hydrogen-bond acceptors (Lipinski definition) is 4. The van der Waals surface area contributed by atoms with E-state index in [1.807, 2.05) is 0 Å². The van der Waals surface area contributed by atoms with Crippen LogP contribution in [-0.4, -0.2) is 21.4 Å². The first-order valence-electron chi connectivity index (χ1n) is 4.16. The first-order chi connectivity index (χ1) is 6.74. The summed E-state index contributed by atoms with van der Waals surface area (Å²) in [6, 6.07) is 4.99. The van der Waals surface area contributed by atoms with Crippen molar-refractivity contribution < 1.29 is 10.2 Å². The van der Waals surface area contributed by atoms with E-state index in [2.05, 4.69) is 0 Å². The lowest BCUT2D eigenvalue weighted by Gasteiger charge is -2.01. The molecule has 2 rings (SSSR count). The molecule has 0 radical (unpaired) electrons. The van der Waals surface area contributed by atoms with Crippen molar-refractivity contribution in [1.82, 2.24) is 4.57 Å². The second kappa shape index (κ2) is 3.43. The maximum Gasteiger partial charge on any atom is 0.308 e. The molecule has 0 aliphatic carbocycles. The van der Waals surface area contributed by atoms with E-state index in [4.69, 9.17) is 5.11 Å². The van der Waals surface area contributed by atoms with Crippen LogP contribution in [0.15, 0.2) is 23.0 Å². The molecule has 1 heterocycles. The minimum Gasteiger partial charge on any atom is -0.506 e. The molecule has 0 unspecified atom stereocenters. The highest BCUT2D eigenvalue weighted by molar-refractivity contribution is 7.16. The van der Waals surface area contributed by atoms with Crippen LogP contribution in [0.1, 0.15) is 0 Å². The summed E-state index contributed by atoms with van der Waals surface area (Å²) in [5.41, 5.74) is 0.511. The van der Waals surface area contributed by atoms with E-state index in [0.29, 0.717) is 5.52 Å². The van der Waals surface area contributed by atoms with Gasteiger partial charge in [-0.1, -0.05) is 17.4 Å². The average molecular weight is 211 g/mol. The van der Waals surface area contributed by atoms with E-state index in [1.165, 1.54) is 10.6 Å². The van der Waals surface area contributed by atoms with E-state index in [-0.39, 0.29) is 23.8 Å². The number of aromatic hydroxyl groups is 1. The van der Waals surface area contributed by atoms with Gasteiger partial charge in [-0.05, 0) is 12.1 Å². The molecule has 5 heteroatoms. The second-order valence-corrected chi connectivity index (χ2v) is 3.86. The molecule has 74 valence electrons. The van der Waals surface area contributed by atoms with Gasteiger partial charge >= 0.3 is 4.87 Å². The Kier molecular flexibility index (Phi) is 2.26. The zero-order chi connectivity index (χ0) is 10.1. The molecule has 0 atom stereocenters. The third-order valence-corrected chi connectivity index (χ3v) is 2.93. The molecule has 0 aliphatic heterocycles. The van der Waals surface area contributed by atoms with Gasteiger partial charge in [-0.15, -0.1) is 0 Å². The Labute approximate surface area is 83.7 Å². The summed E-state index contributed by atoms with van der Waals surface area (Å²) in [6.45, 7) is 0.108. The summed E-state index contributed by atoms with van der Waals surface area (Å²) in [5.74, 6) is 0.0781. The summed E-state index contributed by atoms with van der Waals surface area (Å²) in [6.07, 6.45) is 0. The van der Waals surface area contributed by atoms with Crippen LogP contribution in [0.2, 0.25) is 0 Å². The molecular formula is C9H9NO3S. The van der Waals surface area contributed by atoms with E-state index in [9.17, 15) is 9.90 Å². The van der Waals surface area contributed by atoms with Gasteiger partial charge in [0.15, 0.2) is 0 Å². The van der Waals surface area contributed by atoms with Gasteiger partial charge in [0.1, 0.15) is 11.3 Å². The molecule has 0 bridgehead atoms. The summed E-state index contributed by atoms with van der Waals surface area (Å²) in [5, 5.41) is 18.3. The molecule has 0 saturated carbocycles. The van der Waals surface area contributed by atoms with Crippen molar-refractivity contribution in [2.45, 2.75) is 6.54 Å². The Morgan fingerprint density at radius 2 is 2.21 bits per heavy atom. The smallest absolute Gasteiger partial charge is 0.308 e. The number of para-hydroxylation sites is 1. The Hall–Kier alpha value is -1.33. The predicted molar refractivity (Wildman–Crippen MR) is 54.8 cm³/mol. The molecule has 0 aliphatic rings. The van der Waals surface area contributed by atoms with E-state index in [0.717, 1.165) is 16.0 Å². The molecule has 2 aromatic rings. The van der Waals surface area contributed by atoms with Crippen molar-refractivity contribution in [2.24, 2.45) is 0 Å². The van der Waals surface area contributed by atoms with Crippen molar-refractivity contribution in [1.29, 1.82) is 0 Å². The first kappa shape index (κ1) is 9.23. The van der Waals surface area contributed by atoms with Gasteiger partial charge in [-0.2, -0.15) is 0 Å². The van der Waals surface area contributed by atoms with Crippen LogP contribution in [-0.2, 0) is 6.54 Å². The van der Waals surface area contributed by atoms with Crippen LogP contribution >= 0.6 is 11.3 Å². The van der Waals surface area contributed by atoms with E-state index < -0.39 is 0 Å². The van der Waals surface area contributed by atoms with Crippen molar-refractivity contribution >= 4 is 21.6 Å². The van der Waals surface area contributed by atoms with Gasteiger partial charge in [-0.3, -0.25) is 9.36 Å². The van der Waals surface area contributed by atoms with E-state index >= 15 is 0 Å². The summed E-state index contributed by atoms with van der Waals surface area (Å²) < 4.78 is 2.12. The molecule has 1 aromatic heterocycles. The normalized spacial score (nSPS) is 10.9. The SMILES string of the molecule is O=c1sc2cccc(O)c2n1CCO. The number of nitrogens with zero attached hydrogens (tertiary/aromatic N) is 1. The number of aliphatic hydroxyl groups excluding tert-OH is 1. The van der Waals surface area contributed by atoms with Crippen LogP contribution in [0.4, 0.5) is 0 Å². The van der Waals surface area contributed by atoms with Crippen molar-refractivity contribution in [3.63, 3.8) is 0 Å². The second-order valence-electron chi connectivity index (χ2n) is 2.87. The van der Waals surface area contributed by atoms with Gasteiger partial charge in [-0.25, -0.2) is 0 Å². The van der Waals surface area contributed by atoms with Crippen molar-refractivity contribution in [3.8, 4) is 5.75 Å². The van der Waals surface area contributed by atoms with Crippen molar-refractivity contribution in [2.75, 3.05) is 6.61 Å². The van der Waals surface area contributed by atoms with E-state index in [1.54, 1.807) is 12.1 Å². The Morgan fingerprint density at radius 1 is 1.43 bits per heavy atom. The van der Waals surface area contributed by atoms with Crippen LogP contribution in [0, 0.1) is 0 Å². The highest BCUT2D eigenvalue weighted by atomic mass is 32.1. The average Bonchev–Trinajstić information content (AvgIpc) is 2.45. The number of thiazole rings is 1. The number of rotatable bonds is 2. The number of benzene rings is 1. The quantitative estimate of drug-likeness (QED) is 0.771. The number of aromatic nitrogens is 1. The number of phenols is 1. The van der Waals surface area contributed by atoms with Gasteiger partial charge in [0.2, 0.25) is 0 Å². The predicted octanol–water partition coefficient (Wildman–Crippen LogP) is 0.761. The number of phenolic OH excluding ortho intramolecular Hbond substituents is 1. The lowest BCUT2D eigenvalue weighted by molar-refractivity contribution is 0.277. The molecule has 1 aromatic carbocycles. The van der Waals surface area contributed by atoms with Gasteiger partial charge in [0, 0.05) is 0 Å². The third kappa shape index (κ3) is 1.30. The molecule has 2 N–H and O–H groups in total. The van der Waals surface area contributed by atoms with Crippen LogP contribution in [0.3, 0.4) is 0 Å². The molecular weight excluding hydrogens is 202 g/mol. The fraction of sp³-hybridized carbons (Fsp3) is 0.222. The van der Waals surface area contributed by atoms with Gasteiger partial charge in [0.05, 0.1) is 17.9 Å². The van der Waals surface area contributed by atoms with Gasteiger partial charge in [0.25, 0.3) is 0 Å². The number of fused-ring (bicyclic) bond motifs is 1. The first-order valence-corrected chi connectivity index (χ1v) is 4.98. The highest BCUT2D eigenvalue weighted by Gasteiger charge is 2.09. The lowest BCUT2D eigenvalue weighted by Crippen LogP contribution is -2.14. The molecule has 0 fully saturated rings. The minimum atomic E-state index is -0.157. The lowest BCUT2D eigenvalue weighted by atomic mass is 10.3. The van der Waals surface area contributed by atoms with Crippen molar-refractivity contribution in [3.05, 3.63) is 27.9 Å². The Balaban J connectivity index is 2.79. The summed E-state index contributed by atoms with van der Waals surface area (Å²) in [4.78, 5) is 11.3. The minimum absolute atomic E-state index is 0.0781.